The number of H-pyrrole nitrogens is 1. The fraction of sp³-hybridized carbons (Fsp3) is 0.381. The van der Waals surface area contributed by atoms with E-state index in [-0.39, 0.29) is 18.0 Å². The monoisotopic (exact) mass is 415 g/mol. The van der Waals surface area contributed by atoms with Crippen molar-refractivity contribution in [1.29, 1.82) is 0 Å². The van der Waals surface area contributed by atoms with Gasteiger partial charge in [0, 0.05) is 17.5 Å². The number of hydrogen-bond acceptors (Lipinski definition) is 6. The van der Waals surface area contributed by atoms with Gasteiger partial charge in [0.1, 0.15) is 5.82 Å². The van der Waals surface area contributed by atoms with Gasteiger partial charge >= 0.3 is 0 Å². The molecule has 0 unspecified atom stereocenters. The third kappa shape index (κ3) is 4.12. The molecule has 1 amide bonds. The van der Waals surface area contributed by atoms with Crippen LogP contribution in [-0.4, -0.2) is 41.5 Å². The first kappa shape index (κ1) is 20.9. The quantitative estimate of drug-likeness (QED) is 0.638. The van der Waals surface area contributed by atoms with Crippen molar-refractivity contribution in [2.45, 2.75) is 33.7 Å². The van der Waals surface area contributed by atoms with E-state index >= 15 is 0 Å². The highest BCUT2D eigenvalue weighted by molar-refractivity contribution is 7.14. The number of fused-ring (bicyclic) bond motifs is 1. The Bertz CT molecular complexity index is 1100. The van der Waals surface area contributed by atoms with Gasteiger partial charge in [-0.2, -0.15) is 0 Å². The predicted molar refractivity (Wildman–Crippen MR) is 114 cm³/mol. The van der Waals surface area contributed by atoms with Crippen molar-refractivity contribution in [3.05, 3.63) is 49.7 Å². The molecular formula is C21H25N3O4S. The van der Waals surface area contributed by atoms with Crippen molar-refractivity contribution >= 4 is 28.1 Å². The summed E-state index contributed by atoms with van der Waals surface area (Å²) in [5.74, 6) is 1.32. The van der Waals surface area contributed by atoms with Crippen molar-refractivity contribution in [3.8, 4) is 11.5 Å². The number of benzene rings is 1. The van der Waals surface area contributed by atoms with Gasteiger partial charge in [-0.05, 0) is 38.0 Å². The van der Waals surface area contributed by atoms with Gasteiger partial charge in [-0.3, -0.25) is 9.59 Å². The van der Waals surface area contributed by atoms with Crippen molar-refractivity contribution in [3.63, 3.8) is 0 Å². The van der Waals surface area contributed by atoms with Gasteiger partial charge in [0.2, 0.25) is 0 Å². The number of hydrogen-bond donors (Lipinski definition) is 1. The number of ether oxygens (including phenoxy) is 2. The van der Waals surface area contributed by atoms with Crippen LogP contribution < -0.4 is 15.0 Å². The molecule has 0 fully saturated rings. The first-order chi connectivity index (χ1) is 13.9. The number of rotatable bonds is 7. The molecule has 3 rings (SSSR count). The number of nitrogens with zero attached hydrogens (tertiary/aromatic N) is 2. The molecule has 8 heteroatoms. The zero-order chi connectivity index (χ0) is 21.1. The average Bonchev–Trinajstić information content (AvgIpc) is 3.11. The van der Waals surface area contributed by atoms with E-state index in [1.807, 2.05) is 19.9 Å². The number of carbonyl (C=O) groups is 1. The maximum absolute atomic E-state index is 13.0. The second kappa shape index (κ2) is 8.65. The molecule has 154 valence electrons. The molecule has 0 saturated heterocycles. The molecule has 1 N–H and O–H groups in total. The Kier molecular flexibility index (Phi) is 6.22. The van der Waals surface area contributed by atoms with Gasteiger partial charge in [0.05, 0.1) is 36.5 Å². The van der Waals surface area contributed by atoms with Crippen LogP contribution in [0.2, 0.25) is 0 Å². The molecule has 1 aromatic carbocycles. The molecule has 7 nitrogen and oxygen atoms in total. The lowest BCUT2D eigenvalue weighted by atomic mass is 10.2. The molecule has 0 atom stereocenters. The molecule has 2 heterocycles. The summed E-state index contributed by atoms with van der Waals surface area (Å²) in [6.07, 6.45) is 0.895. The van der Waals surface area contributed by atoms with E-state index < -0.39 is 0 Å². The molecule has 2 aromatic heterocycles. The molecule has 0 aliphatic heterocycles. The fourth-order valence-corrected chi connectivity index (χ4v) is 4.31. The highest BCUT2D eigenvalue weighted by Gasteiger charge is 2.20. The second-order valence-corrected chi connectivity index (χ2v) is 7.86. The number of amides is 1. The topological polar surface area (TPSA) is 84.5 Å². The standard InChI is InChI=1S/C21H25N3O4S/c1-6-13-8-18(29-12(13)3)21(26)24(7-2)11-19-22-15-10-17(28-5)16(27-4)9-14(15)20(25)23-19/h8-10H,6-7,11H2,1-5H3,(H,22,23,25). The number of thiophene rings is 1. The van der Waals surface area contributed by atoms with Crippen LogP contribution in [0.1, 0.15) is 39.8 Å². The van der Waals surface area contributed by atoms with E-state index in [0.717, 1.165) is 11.3 Å². The van der Waals surface area contributed by atoms with Crippen LogP contribution in [0.25, 0.3) is 10.9 Å². The SMILES string of the molecule is CCc1cc(C(=O)N(CC)Cc2nc3cc(OC)c(OC)cc3c(=O)[nH]2)sc1C. The first-order valence-corrected chi connectivity index (χ1v) is 10.3. The summed E-state index contributed by atoms with van der Waals surface area (Å²) in [7, 11) is 3.05. The Morgan fingerprint density at radius 2 is 1.86 bits per heavy atom. The highest BCUT2D eigenvalue weighted by Crippen LogP contribution is 2.30. The van der Waals surface area contributed by atoms with Crippen LogP contribution >= 0.6 is 11.3 Å². The molecule has 0 aliphatic carbocycles. The Balaban J connectivity index is 1.94. The molecular weight excluding hydrogens is 390 g/mol. The van der Waals surface area contributed by atoms with Gasteiger partial charge < -0.3 is 19.4 Å². The van der Waals surface area contributed by atoms with Crippen LogP contribution in [0, 0.1) is 6.92 Å². The zero-order valence-corrected chi connectivity index (χ0v) is 18.1. The Hall–Kier alpha value is -2.87. The molecule has 0 saturated carbocycles. The lowest BCUT2D eigenvalue weighted by Crippen LogP contribution is -2.31. The lowest BCUT2D eigenvalue weighted by molar-refractivity contribution is 0.0753. The van der Waals surface area contributed by atoms with E-state index in [4.69, 9.17) is 9.47 Å². The molecule has 0 aliphatic rings. The first-order valence-electron chi connectivity index (χ1n) is 9.45. The number of methoxy groups -OCH3 is 2. The average molecular weight is 416 g/mol. The molecule has 3 aromatic rings. The normalized spacial score (nSPS) is 10.9. The third-order valence-corrected chi connectivity index (χ3v) is 5.96. The van der Waals surface area contributed by atoms with Crippen molar-refractivity contribution in [2.24, 2.45) is 0 Å². The molecule has 29 heavy (non-hydrogen) atoms. The van der Waals surface area contributed by atoms with E-state index in [2.05, 4.69) is 16.9 Å². The zero-order valence-electron chi connectivity index (χ0n) is 17.3. The van der Waals surface area contributed by atoms with Gasteiger partial charge in [-0.15, -0.1) is 11.3 Å². The minimum absolute atomic E-state index is 0.0599. The minimum atomic E-state index is -0.283. The van der Waals surface area contributed by atoms with Crippen LogP contribution in [0.4, 0.5) is 0 Å². The largest absolute Gasteiger partial charge is 0.493 e. The fourth-order valence-electron chi connectivity index (χ4n) is 3.23. The van der Waals surface area contributed by atoms with Gasteiger partial charge in [-0.25, -0.2) is 4.98 Å². The maximum atomic E-state index is 13.0. The van der Waals surface area contributed by atoms with E-state index in [1.165, 1.54) is 31.1 Å². The smallest absolute Gasteiger partial charge is 0.264 e. The van der Waals surface area contributed by atoms with Gasteiger partial charge in [-0.1, -0.05) is 6.92 Å². The maximum Gasteiger partial charge on any atom is 0.264 e. The van der Waals surface area contributed by atoms with Crippen molar-refractivity contribution < 1.29 is 14.3 Å². The molecule has 0 bridgehead atoms. The lowest BCUT2D eigenvalue weighted by Gasteiger charge is -2.19. The summed E-state index contributed by atoms with van der Waals surface area (Å²) >= 11 is 1.50. The summed E-state index contributed by atoms with van der Waals surface area (Å²) in [6, 6.07) is 5.23. The summed E-state index contributed by atoms with van der Waals surface area (Å²) in [6.45, 7) is 6.73. The summed E-state index contributed by atoms with van der Waals surface area (Å²) in [5, 5.41) is 0.405. The van der Waals surface area contributed by atoms with E-state index in [9.17, 15) is 9.59 Å². The number of aromatic nitrogens is 2. The van der Waals surface area contributed by atoms with E-state index in [1.54, 1.807) is 17.0 Å². The van der Waals surface area contributed by atoms with Crippen LogP contribution in [0.15, 0.2) is 23.0 Å². The summed E-state index contributed by atoms with van der Waals surface area (Å²) < 4.78 is 10.6. The Labute approximate surface area is 173 Å². The molecule has 0 radical (unpaired) electrons. The van der Waals surface area contributed by atoms with Crippen molar-refractivity contribution in [1.82, 2.24) is 14.9 Å². The Morgan fingerprint density at radius 1 is 1.17 bits per heavy atom. The minimum Gasteiger partial charge on any atom is -0.493 e. The van der Waals surface area contributed by atoms with Crippen LogP contribution in [0.5, 0.6) is 11.5 Å². The number of aryl methyl sites for hydroxylation is 2. The summed E-state index contributed by atoms with van der Waals surface area (Å²) in [5.41, 5.74) is 1.40. The highest BCUT2D eigenvalue weighted by atomic mass is 32.1. The second-order valence-electron chi connectivity index (χ2n) is 6.60. The predicted octanol–water partition coefficient (Wildman–Crippen LogP) is 3.53. The number of carbonyl (C=O) groups excluding carboxylic acids is 1. The van der Waals surface area contributed by atoms with E-state index in [0.29, 0.717) is 39.6 Å². The number of nitrogens with one attached hydrogen (secondary N) is 1. The summed E-state index contributed by atoms with van der Waals surface area (Å²) in [4.78, 5) is 36.4. The Morgan fingerprint density at radius 3 is 2.45 bits per heavy atom. The van der Waals surface area contributed by atoms with Crippen LogP contribution in [0.3, 0.4) is 0 Å². The van der Waals surface area contributed by atoms with Gasteiger partial charge in [0.25, 0.3) is 11.5 Å². The number of aromatic amines is 1. The van der Waals surface area contributed by atoms with Crippen LogP contribution in [-0.2, 0) is 13.0 Å². The third-order valence-electron chi connectivity index (χ3n) is 4.88. The molecule has 0 spiro atoms. The van der Waals surface area contributed by atoms with Crippen molar-refractivity contribution in [2.75, 3.05) is 20.8 Å². The van der Waals surface area contributed by atoms with Gasteiger partial charge in [0.15, 0.2) is 11.5 Å².